The molecule has 6 rings (SSSR count). The largest absolute Gasteiger partial charge is 0.487 e. The molecule has 3 heterocycles. The van der Waals surface area contributed by atoms with Crippen molar-refractivity contribution in [1.29, 1.82) is 0 Å². The van der Waals surface area contributed by atoms with E-state index in [4.69, 9.17) is 29.8 Å². The molecule has 1 saturated heterocycles. The molecule has 5 aromatic rings. The Morgan fingerprint density at radius 3 is 2.66 bits per heavy atom. The average Bonchev–Trinajstić information content (AvgIpc) is 3.67. The van der Waals surface area contributed by atoms with Crippen molar-refractivity contribution < 1.29 is 23.7 Å². The van der Waals surface area contributed by atoms with Crippen molar-refractivity contribution in [3.05, 3.63) is 83.2 Å². The molecule has 9 nitrogen and oxygen atoms in total. The number of anilines is 1. The van der Waals surface area contributed by atoms with E-state index >= 15 is 0 Å². The Morgan fingerprint density at radius 1 is 1.07 bits per heavy atom. The Balaban J connectivity index is 1.37. The summed E-state index contributed by atoms with van der Waals surface area (Å²) in [5.41, 5.74) is 12.9. The molecule has 0 aliphatic carbocycles. The van der Waals surface area contributed by atoms with E-state index in [9.17, 15) is 4.79 Å². The number of hydrogen-bond acceptors (Lipinski definition) is 8. The fourth-order valence-electron chi connectivity index (χ4n) is 5.96. The van der Waals surface area contributed by atoms with Crippen LogP contribution in [0.25, 0.3) is 32.8 Å². The third kappa shape index (κ3) is 6.11. The van der Waals surface area contributed by atoms with Crippen LogP contribution in [-0.4, -0.2) is 47.7 Å². The molecule has 1 aliphatic rings. The summed E-state index contributed by atoms with van der Waals surface area (Å²) in [5.74, 6) is 1.27. The van der Waals surface area contributed by atoms with Gasteiger partial charge in [0.25, 0.3) is 0 Å². The third-order valence-electron chi connectivity index (χ3n) is 8.37. The van der Waals surface area contributed by atoms with E-state index < -0.39 is 0 Å². The van der Waals surface area contributed by atoms with Crippen LogP contribution in [0.3, 0.4) is 0 Å². The summed E-state index contributed by atoms with van der Waals surface area (Å²) in [6, 6.07) is 18.5. The normalized spacial score (nSPS) is 14.8. The van der Waals surface area contributed by atoms with Crippen LogP contribution < -0.4 is 10.5 Å². The van der Waals surface area contributed by atoms with Crippen molar-refractivity contribution in [2.75, 3.05) is 32.7 Å². The van der Waals surface area contributed by atoms with Crippen LogP contribution in [0.2, 0.25) is 0 Å². The Kier molecular flexibility index (Phi) is 8.77. The van der Waals surface area contributed by atoms with E-state index in [0.29, 0.717) is 30.7 Å². The first-order valence-corrected chi connectivity index (χ1v) is 15.1. The molecule has 9 heteroatoms. The van der Waals surface area contributed by atoms with E-state index in [1.54, 1.807) is 20.2 Å². The zero-order valence-electron chi connectivity index (χ0n) is 25.5. The number of carbonyl (C=O) groups is 1. The molecule has 0 amide bonds. The number of ether oxygens (including phenoxy) is 4. The van der Waals surface area contributed by atoms with E-state index in [-0.39, 0.29) is 19.0 Å². The summed E-state index contributed by atoms with van der Waals surface area (Å²) >= 11 is 0. The highest BCUT2D eigenvalue weighted by atomic mass is 16.5. The zero-order chi connectivity index (χ0) is 30.6. The molecule has 2 N–H and O–H groups in total. The minimum atomic E-state index is -0.292. The number of carbonyl (C=O) groups excluding carboxylic acids is 1. The van der Waals surface area contributed by atoms with Gasteiger partial charge in [0.05, 0.1) is 31.8 Å². The lowest BCUT2D eigenvalue weighted by molar-refractivity contribution is -0.142. The van der Waals surface area contributed by atoms with Gasteiger partial charge in [-0.25, -0.2) is 4.98 Å². The number of nitrogens with zero attached hydrogens (tertiary/aromatic N) is 3. The van der Waals surface area contributed by atoms with E-state index in [0.717, 1.165) is 81.4 Å². The number of benzene rings is 3. The Hall–Kier alpha value is -4.47. The van der Waals surface area contributed by atoms with Crippen LogP contribution in [0, 0.1) is 12.8 Å². The molecule has 1 atom stereocenters. The summed E-state index contributed by atoms with van der Waals surface area (Å²) in [6.45, 7) is 7.09. The van der Waals surface area contributed by atoms with Crippen LogP contribution in [0.5, 0.6) is 5.75 Å². The third-order valence-corrected chi connectivity index (χ3v) is 8.37. The maximum Gasteiger partial charge on any atom is 0.310 e. The number of pyridine rings is 1. The fraction of sp³-hybridized carbons (Fsp3) is 0.343. The van der Waals surface area contributed by atoms with Gasteiger partial charge in [-0.3, -0.25) is 9.48 Å². The number of esters is 1. The second-order valence-electron chi connectivity index (χ2n) is 11.3. The predicted molar refractivity (Wildman–Crippen MR) is 170 cm³/mol. The van der Waals surface area contributed by atoms with Crippen molar-refractivity contribution in [3.8, 4) is 16.9 Å². The standard InChI is InChI=1S/C35H38N4O5/c1-4-43-34(40)17-28-22(2)27(20-41-3)8-10-33(28)44-21-31-30-16-26(25-6-5-24-11-13-37-35(36)29(24)15-25)7-9-32(30)39(38-31)18-23-12-14-42-19-23/h5-11,13,15-16,23H,4,12,14,17-21H2,1-3H3,(H2,36,37). The maximum atomic E-state index is 12.5. The van der Waals surface area contributed by atoms with Gasteiger partial charge in [-0.1, -0.05) is 24.3 Å². The maximum absolute atomic E-state index is 12.5. The van der Waals surface area contributed by atoms with Gasteiger partial charge >= 0.3 is 5.97 Å². The first-order valence-electron chi connectivity index (χ1n) is 15.1. The smallest absolute Gasteiger partial charge is 0.310 e. The molecular formula is C35H38N4O5. The second-order valence-corrected chi connectivity index (χ2v) is 11.3. The van der Waals surface area contributed by atoms with Crippen molar-refractivity contribution in [1.82, 2.24) is 14.8 Å². The molecule has 0 bridgehead atoms. The Bertz CT molecular complexity index is 1810. The molecule has 0 saturated carbocycles. The van der Waals surface area contributed by atoms with Gasteiger partial charge < -0.3 is 24.7 Å². The van der Waals surface area contributed by atoms with Crippen LogP contribution in [-0.2, 0) is 45.2 Å². The summed E-state index contributed by atoms with van der Waals surface area (Å²) < 4.78 is 24.8. The van der Waals surface area contributed by atoms with Crippen molar-refractivity contribution in [2.24, 2.45) is 5.92 Å². The highest BCUT2D eigenvalue weighted by molar-refractivity contribution is 5.95. The monoisotopic (exact) mass is 594 g/mol. The molecule has 1 aliphatic heterocycles. The molecule has 0 spiro atoms. The van der Waals surface area contributed by atoms with Crippen LogP contribution in [0.15, 0.2) is 60.8 Å². The average molecular weight is 595 g/mol. The molecular weight excluding hydrogens is 556 g/mol. The SMILES string of the molecule is CCOC(=O)Cc1c(OCc2nn(CC3CCOC3)c3ccc(-c4ccc5ccnc(N)c5c4)cc23)ccc(COC)c1C. The summed E-state index contributed by atoms with van der Waals surface area (Å²) in [4.78, 5) is 16.8. The molecule has 0 radical (unpaired) electrons. The first kappa shape index (κ1) is 29.6. The highest BCUT2D eigenvalue weighted by Crippen LogP contribution is 2.33. The number of fused-ring (bicyclic) bond motifs is 2. The lowest BCUT2D eigenvalue weighted by Crippen LogP contribution is -2.13. The van der Waals surface area contributed by atoms with E-state index in [2.05, 4.69) is 46.1 Å². The van der Waals surface area contributed by atoms with Gasteiger partial charge in [0.2, 0.25) is 0 Å². The number of methoxy groups -OCH3 is 1. The lowest BCUT2D eigenvalue weighted by Gasteiger charge is -2.16. The summed E-state index contributed by atoms with van der Waals surface area (Å²) in [6.07, 6.45) is 2.86. The van der Waals surface area contributed by atoms with E-state index in [1.165, 1.54) is 0 Å². The summed E-state index contributed by atoms with van der Waals surface area (Å²) in [7, 11) is 1.66. The molecule has 2 aromatic heterocycles. The van der Waals surface area contributed by atoms with Gasteiger partial charge in [0.1, 0.15) is 23.9 Å². The number of aromatic nitrogens is 3. The lowest BCUT2D eigenvalue weighted by atomic mass is 9.99. The fourth-order valence-corrected chi connectivity index (χ4v) is 5.96. The topological polar surface area (TPSA) is 111 Å². The molecule has 1 unspecified atom stereocenters. The van der Waals surface area contributed by atoms with Crippen LogP contribution in [0.1, 0.15) is 35.7 Å². The number of rotatable bonds is 11. The van der Waals surface area contributed by atoms with Crippen molar-refractivity contribution >= 4 is 33.5 Å². The van der Waals surface area contributed by atoms with Gasteiger partial charge in [-0.05, 0) is 78.2 Å². The van der Waals surface area contributed by atoms with Crippen LogP contribution in [0.4, 0.5) is 5.82 Å². The quantitative estimate of drug-likeness (QED) is 0.185. The number of nitrogens with two attached hydrogens (primary N) is 1. The zero-order valence-corrected chi connectivity index (χ0v) is 25.5. The molecule has 3 aromatic carbocycles. The number of nitrogen functional groups attached to an aromatic ring is 1. The van der Waals surface area contributed by atoms with Crippen molar-refractivity contribution in [2.45, 2.75) is 46.4 Å². The summed E-state index contributed by atoms with van der Waals surface area (Å²) in [5, 5.41) is 8.04. The molecule has 228 valence electrons. The second kappa shape index (κ2) is 13.0. The van der Waals surface area contributed by atoms with Crippen LogP contribution >= 0.6 is 0 Å². The first-order chi connectivity index (χ1) is 21.4. The minimum Gasteiger partial charge on any atom is -0.487 e. The van der Waals surface area contributed by atoms with Gasteiger partial charge in [-0.2, -0.15) is 5.10 Å². The highest BCUT2D eigenvalue weighted by Gasteiger charge is 2.21. The molecule has 1 fully saturated rings. The number of hydrogen-bond donors (Lipinski definition) is 1. The predicted octanol–water partition coefficient (Wildman–Crippen LogP) is 6.01. The Morgan fingerprint density at radius 2 is 1.89 bits per heavy atom. The molecule has 44 heavy (non-hydrogen) atoms. The van der Waals surface area contributed by atoms with Gasteiger partial charge in [-0.15, -0.1) is 0 Å². The van der Waals surface area contributed by atoms with Crippen molar-refractivity contribution in [3.63, 3.8) is 0 Å². The minimum absolute atomic E-state index is 0.119. The van der Waals surface area contributed by atoms with E-state index in [1.807, 2.05) is 25.1 Å². The van der Waals surface area contributed by atoms with Gasteiger partial charge in [0, 0.05) is 48.7 Å². The van der Waals surface area contributed by atoms with Gasteiger partial charge in [0.15, 0.2) is 0 Å². The Labute approximate surface area is 256 Å².